The van der Waals surface area contributed by atoms with Crippen molar-refractivity contribution in [2.24, 2.45) is 0 Å². The Morgan fingerprint density at radius 1 is 1.05 bits per heavy atom. The van der Waals surface area contributed by atoms with Gasteiger partial charge in [0, 0.05) is 12.6 Å². The Hall–Kier alpha value is -2.11. The molecule has 1 heterocycles. The quantitative estimate of drug-likeness (QED) is 0.839. The van der Waals surface area contributed by atoms with Gasteiger partial charge in [0.2, 0.25) is 0 Å². The summed E-state index contributed by atoms with van der Waals surface area (Å²) in [5.74, 6) is 0.594. The fourth-order valence-corrected chi connectivity index (χ4v) is 3.29. The number of benzene rings is 2. The van der Waals surface area contributed by atoms with Crippen LogP contribution in [0.4, 0.5) is 0 Å². The molecule has 0 bridgehead atoms. The number of hydrogen-bond acceptors (Lipinski definition) is 2. The third-order valence-corrected chi connectivity index (χ3v) is 4.40. The molecule has 3 rings (SSSR count). The molecule has 2 heteroatoms. The smallest absolute Gasteiger partial charge is 0.0641 e. The molecule has 0 saturated carbocycles. The highest BCUT2D eigenvalue weighted by Gasteiger charge is 2.29. The van der Waals surface area contributed by atoms with Crippen molar-refractivity contribution in [3.05, 3.63) is 71.8 Å². The molecule has 1 saturated heterocycles. The number of rotatable bonds is 4. The van der Waals surface area contributed by atoms with Gasteiger partial charge in [-0.05, 0) is 30.0 Å². The highest BCUT2D eigenvalue weighted by atomic mass is 15.2. The highest BCUT2D eigenvalue weighted by molar-refractivity contribution is 5.24. The zero-order valence-electron chi connectivity index (χ0n) is 12.2. The Morgan fingerprint density at radius 3 is 2.38 bits per heavy atom. The summed E-state index contributed by atoms with van der Waals surface area (Å²) in [4.78, 5) is 2.47. The molecule has 1 aliphatic heterocycles. The molecule has 2 nitrogen and oxygen atoms in total. The van der Waals surface area contributed by atoms with Gasteiger partial charge in [-0.3, -0.25) is 4.90 Å². The number of hydrogen-bond donors (Lipinski definition) is 0. The molecule has 2 aromatic rings. The predicted molar refractivity (Wildman–Crippen MR) is 84.8 cm³/mol. The lowest BCUT2D eigenvalue weighted by Gasteiger charge is -2.26. The van der Waals surface area contributed by atoms with Crippen LogP contribution < -0.4 is 0 Å². The maximum absolute atomic E-state index is 9.16. The molecule has 1 aliphatic rings. The van der Waals surface area contributed by atoms with E-state index in [1.54, 1.807) is 0 Å². The van der Waals surface area contributed by atoms with E-state index in [2.05, 4.69) is 65.6 Å². The van der Waals surface area contributed by atoms with E-state index in [9.17, 15) is 0 Å². The van der Waals surface area contributed by atoms with Crippen molar-refractivity contribution in [1.29, 1.82) is 5.26 Å². The summed E-state index contributed by atoms with van der Waals surface area (Å²) in [7, 11) is 0. The minimum Gasteiger partial charge on any atom is -0.295 e. The summed E-state index contributed by atoms with van der Waals surface area (Å²) in [6, 6.07) is 23.7. The van der Waals surface area contributed by atoms with Crippen molar-refractivity contribution in [3.63, 3.8) is 0 Å². The Balaban J connectivity index is 1.76. The zero-order chi connectivity index (χ0) is 14.5. The summed E-state index contributed by atoms with van der Waals surface area (Å²) < 4.78 is 0. The van der Waals surface area contributed by atoms with Gasteiger partial charge in [0.1, 0.15) is 0 Å². The molecule has 0 aliphatic carbocycles. The number of nitrogens with zero attached hydrogens (tertiary/aromatic N) is 2. The van der Waals surface area contributed by atoms with Crippen molar-refractivity contribution in [2.45, 2.75) is 24.8 Å². The summed E-state index contributed by atoms with van der Waals surface area (Å²) >= 11 is 0. The zero-order valence-corrected chi connectivity index (χ0v) is 12.2. The molecular weight excluding hydrogens is 256 g/mol. The van der Waals surface area contributed by atoms with Crippen molar-refractivity contribution in [2.75, 3.05) is 13.1 Å². The van der Waals surface area contributed by atoms with Crippen LogP contribution in [-0.4, -0.2) is 18.0 Å². The fourth-order valence-electron chi connectivity index (χ4n) is 3.29. The van der Waals surface area contributed by atoms with E-state index in [-0.39, 0.29) is 6.04 Å². The summed E-state index contributed by atoms with van der Waals surface area (Å²) in [6.45, 7) is 2.12. The first-order valence-corrected chi connectivity index (χ1v) is 7.59. The summed E-state index contributed by atoms with van der Waals surface area (Å²) in [5, 5.41) is 9.16. The van der Waals surface area contributed by atoms with E-state index >= 15 is 0 Å². The van der Waals surface area contributed by atoms with Crippen LogP contribution in [0.25, 0.3) is 0 Å². The van der Waals surface area contributed by atoms with Crippen LogP contribution in [0.3, 0.4) is 0 Å². The van der Waals surface area contributed by atoms with Gasteiger partial charge in [0.15, 0.2) is 0 Å². The van der Waals surface area contributed by atoms with Crippen LogP contribution in [0, 0.1) is 11.3 Å². The molecule has 2 atom stereocenters. The Labute approximate surface area is 126 Å². The lowest BCUT2D eigenvalue weighted by atomic mass is 9.98. The van der Waals surface area contributed by atoms with Crippen LogP contribution in [0.15, 0.2) is 60.7 Å². The lowest BCUT2D eigenvalue weighted by molar-refractivity contribution is 0.245. The largest absolute Gasteiger partial charge is 0.295 e. The van der Waals surface area contributed by atoms with Crippen LogP contribution in [0.1, 0.15) is 35.9 Å². The van der Waals surface area contributed by atoms with Crippen molar-refractivity contribution < 1.29 is 0 Å². The van der Waals surface area contributed by atoms with Crippen molar-refractivity contribution in [1.82, 2.24) is 4.90 Å². The van der Waals surface area contributed by atoms with E-state index in [1.165, 1.54) is 17.5 Å². The van der Waals surface area contributed by atoms with E-state index in [0.717, 1.165) is 13.1 Å². The van der Waals surface area contributed by atoms with Gasteiger partial charge < -0.3 is 0 Å². The first kappa shape index (κ1) is 13.9. The average Bonchev–Trinajstić information content (AvgIpc) is 3.04. The molecular formula is C19H20N2. The van der Waals surface area contributed by atoms with Crippen LogP contribution in [0.2, 0.25) is 0 Å². The maximum atomic E-state index is 9.16. The second kappa shape index (κ2) is 6.56. The standard InChI is InChI=1S/C19H20N2/c20-13-11-19(17-9-5-2-6-10-17)21-14-12-18(15-21)16-7-3-1-4-8-16/h1-10,18-19H,11-12,14-15H2. The molecule has 2 aromatic carbocycles. The van der Waals surface area contributed by atoms with E-state index in [1.807, 2.05) is 6.07 Å². The molecule has 0 aromatic heterocycles. The molecule has 0 radical (unpaired) electrons. The summed E-state index contributed by atoms with van der Waals surface area (Å²) in [6.07, 6.45) is 1.74. The van der Waals surface area contributed by atoms with E-state index in [4.69, 9.17) is 5.26 Å². The monoisotopic (exact) mass is 276 g/mol. The Bertz CT molecular complexity index is 600. The minimum absolute atomic E-state index is 0.227. The molecule has 0 amide bonds. The highest BCUT2D eigenvalue weighted by Crippen LogP contribution is 2.34. The van der Waals surface area contributed by atoms with Gasteiger partial charge in [-0.25, -0.2) is 0 Å². The number of likely N-dealkylation sites (tertiary alicyclic amines) is 1. The van der Waals surface area contributed by atoms with Gasteiger partial charge in [0.25, 0.3) is 0 Å². The van der Waals surface area contributed by atoms with E-state index < -0.39 is 0 Å². The fraction of sp³-hybridized carbons (Fsp3) is 0.316. The summed E-state index contributed by atoms with van der Waals surface area (Å²) in [5.41, 5.74) is 2.68. The lowest BCUT2D eigenvalue weighted by Crippen LogP contribution is -2.26. The second-order valence-corrected chi connectivity index (χ2v) is 5.68. The SMILES string of the molecule is N#CCC(c1ccccc1)N1CCC(c2ccccc2)C1. The van der Waals surface area contributed by atoms with Crippen LogP contribution >= 0.6 is 0 Å². The molecule has 106 valence electrons. The first-order valence-electron chi connectivity index (χ1n) is 7.59. The maximum Gasteiger partial charge on any atom is 0.0641 e. The second-order valence-electron chi connectivity index (χ2n) is 5.68. The molecule has 1 fully saturated rings. The third kappa shape index (κ3) is 3.15. The van der Waals surface area contributed by atoms with Gasteiger partial charge in [0.05, 0.1) is 12.5 Å². The average molecular weight is 276 g/mol. The van der Waals surface area contributed by atoms with Crippen LogP contribution in [0.5, 0.6) is 0 Å². The Morgan fingerprint density at radius 2 is 1.71 bits per heavy atom. The van der Waals surface area contributed by atoms with Crippen molar-refractivity contribution in [3.8, 4) is 6.07 Å². The predicted octanol–water partition coefficient (Wildman–Crippen LogP) is 4.13. The minimum atomic E-state index is 0.227. The van der Waals surface area contributed by atoms with Gasteiger partial charge in [-0.1, -0.05) is 60.7 Å². The Kier molecular flexibility index (Phi) is 4.33. The van der Waals surface area contributed by atoms with Crippen LogP contribution in [-0.2, 0) is 0 Å². The third-order valence-electron chi connectivity index (χ3n) is 4.40. The topological polar surface area (TPSA) is 27.0 Å². The first-order chi connectivity index (χ1) is 10.4. The molecule has 0 spiro atoms. The normalized spacial score (nSPS) is 20.0. The molecule has 2 unspecified atom stereocenters. The van der Waals surface area contributed by atoms with Gasteiger partial charge >= 0.3 is 0 Å². The number of nitriles is 1. The molecule has 21 heavy (non-hydrogen) atoms. The van der Waals surface area contributed by atoms with E-state index in [0.29, 0.717) is 12.3 Å². The van der Waals surface area contributed by atoms with Gasteiger partial charge in [-0.15, -0.1) is 0 Å². The molecule has 0 N–H and O–H groups in total. The van der Waals surface area contributed by atoms with Gasteiger partial charge in [-0.2, -0.15) is 5.26 Å². The van der Waals surface area contributed by atoms with Crippen molar-refractivity contribution >= 4 is 0 Å².